The van der Waals surface area contributed by atoms with Crippen LogP contribution in [0.25, 0.3) is 22.3 Å². The summed E-state index contributed by atoms with van der Waals surface area (Å²) in [5.41, 5.74) is 10.8. The van der Waals surface area contributed by atoms with Crippen molar-refractivity contribution in [2.45, 2.75) is 19.4 Å². The summed E-state index contributed by atoms with van der Waals surface area (Å²) in [7, 11) is 0. The van der Waals surface area contributed by atoms with Crippen LogP contribution in [0, 0.1) is 5.41 Å². The molecule has 1 unspecified atom stereocenters. The first-order valence-corrected chi connectivity index (χ1v) is 9.80. The number of aromatic nitrogens is 4. The summed E-state index contributed by atoms with van der Waals surface area (Å²) in [6, 6.07) is 13.5. The fourth-order valence-electron chi connectivity index (χ4n) is 3.29. The number of nitrogen functional groups attached to an aromatic ring is 1. The Labute approximate surface area is 178 Å². The van der Waals surface area contributed by atoms with Gasteiger partial charge in [0.25, 0.3) is 0 Å². The zero-order chi connectivity index (χ0) is 21.1. The lowest BCUT2D eigenvalue weighted by molar-refractivity contribution is 0.874. The molecule has 8 heteroatoms. The van der Waals surface area contributed by atoms with E-state index in [4.69, 9.17) is 22.7 Å². The monoisotopic (exact) mass is 417 g/mol. The molecule has 0 saturated heterocycles. The minimum absolute atomic E-state index is 0.0300. The Morgan fingerprint density at radius 3 is 2.80 bits per heavy atom. The highest BCUT2D eigenvalue weighted by Crippen LogP contribution is 2.27. The predicted octanol–water partition coefficient (Wildman–Crippen LogP) is 4.69. The van der Waals surface area contributed by atoms with E-state index >= 15 is 0 Å². The molecule has 0 aliphatic rings. The van der Waals surface area contributed by atoms with Gasteiger partial charge in [-0.2, -0.15) is 0 Å². The molecule has 2 aromatic heterocycles. The van der Waals surface area contributed by atoms with Gasteiger partial charge in [-0.05, 0) is 43.0 Å². The lowest BCUT2D eigenvalue weighted by Crippen LogP contribution is -2.08. The van der Waals surface area contributed by atoms with Crippen molar-refractivity contribution < 1.29 is 0 Å². The van der Waals surface area contributed by atoms with Crippen LogP contribution in [0.1, 0.15) is 24.1 Å². The van der Waals surface area contributed by atoms with Crippen molar-refractivity contribution in [3.05, 3.63) is 71.1 Å². The molecular formula is C22H20ClN7. The van der Waals surface area contributed by atoms with Crippen LogP contribution in [0.5, 0.6) is 0 Å². The topological polar surface area (TPSA) is 113 Å². The molecule has 0 amide bonds. The maximum absolute atomic E-state index is 7.41. The number of nitrogens with one attached hydrogen (secondary N) is 2. The third-order valence-electron chi connectivity index (χ3n) is 4.81. The van der Waals surface area contributed by atoms with Gasteiger partial charge in [-0.25, -0.2) is 15.0 Å². The molecule has 0 aliphatic carbocycles. The van der Waals surface area contributed by atoms with Crippen LogP contribution in [0.2, 0.25) is 5.02 Å². The molecule has 4 aromatic rings. The molecule has 0 saturated carbocycles. The molecule has 4 rings (SSSR count). The molecule has 30 heavy (non-hydrogen) atoms. The van der Waals surface area contributed by atoms with Crippen LogP contribution in [-0.4, -0.2) is 26.2 Å². The van der Waals surface area contributed by atoms with Crippen LogP contribution in [0.3, 0.4) is 0 Å². The number of nitrogens with zero attached hydrogens (tertiary/aromatic N) is 4. The van der Waals surface area contributed by atoms with E-state index in [0.717, 1.165) is 27.7 Å². The largest absolute Gasteiger partial charge is 0.383 e. The second kappa shape index (κ2) is 8.42. The van der Waals surface area contributed by atoms with Gasteiger partial charge < -0.3 is 16.5 Å². The fourth-order valence-corrected chi connectivity index (χ4v) is 3.49. The van der Waals surface area contributed by atoms with Crippen molar-refractivity contribution in [2.75, 3.05) is 11.1 Å². The number of halogens is 1. The van der Waals surface area contributed by atoms with Crippen LogP contribution in [0.15, 0.2) is 55.0 Å². The van der Waals surface area contributed by atoms with Crippen LogP contribution in [-0.2, 0) is 6.42 Å². The SMILES string of the molecule is CC(Nc1cnc2cc(-c3ncnc(N)c3CC=N)ccc2n1)c1cccc(Cl)c1. The average molecular weight is 418 g/mol. The first-order chi connectivity index (χ1) is 14.5. The number of hydrogen-bond donors (Lipinski definition) is 3. The van der Waals surface area contributed by atoms with Crippen LogP contribution in [0.4, 0.5) is 11.6 Å². The Morgan fingerprint density at radius 1 is 1.13 bits per heavy atom. The molecule has 0 fully saturated rings. The number of rotatable bonds is 6. The molecule has 0 bridgehead atoms. The van der Waals surface area contributed by atoms with Gasteiger partial charge in [0.1, 0.15) is 18.0 Å². The third kappa shape index (κ3) is 4.06. The van der Waals surface area contributed by atoms with Crippen molar-refractivity contribution >= 4 is 40.5 Å². The lowest BCUT2D eigenvalue weighted by Gasteiger charge is -2.15. The molecule has 0 radical (unpaired) electrons. The molecule has 0 spiro atoms. The average Bonchev–Trinajstić information content (AvgIpc) is 2.75. The van der Waals surface area contributed by atoms with Gasteiger partial charge in [0.05, 0.1) is 29.0 Å². The predicted molar refractivity (Wildman–Crippen MR) is 121 cm³/mol. The maximum Gasteiger partial charge on any atom is 0.145 e. The van der Waals surface area contributed by atoms with Gasteiger partial charge in [-0.1, -0.05) is 29.8 Å². The third-order valence-corrected chi connectivity index (χ3v) is 5.05. The highest BCUT2D eigenvalue weighted by Gasteiger charge is 2.12. The summed E-state index contributed by atoms with van der Waals surface area (Å²) in [6.45, 7) is 2.05. The van der Waals surface area contributed by atoms with E-state index < -0.39 is 0 Å². The van der Waals surface area contributed by atoms with Crippen LogP contribution >= 0.6 is 11.6 Å². The molecule has 2 aromatic carbocycles. The number of fused-ring (bicyclic) bond motifs is 1. The lowest BCUT2D eigenvalue weighted by atomic mass is 10.0. The summed E-state index contributed by atoms with van der Waals surface area (Å²) < 4.78 is 0. The Morgan fingerprint density at radius 2 is 2.00 bits per heavy atom. The number of benzene rings is 2. The van der Waals surface area contributed by atoms with E-state index in [1.807, 2.05) is 49.4 Å². The van der Waals surface area contributed by atoms with Crippen LogP contribution < -0.4 is 11.1 Å². The van der Waals surface area contributed by atoms with E-state index in [9.17, 15) is 0 Å². The second-order valence-corrected chi connectivity index (χ2v) is 7.31. The van der Waals surface area contributed by atoms with E-state index in [0.29, 0.717) is 28.8 Å². The van der Waals surface area contributed by atoms with E-state index in [1.54, 1.807) is 6.20 Å². The number of hydrogen-bond acceptors (Lipinski definition) is 7. The fraction of sp³-hybridized carbons (Fsp3) is 0.136. The summed E-state index contributed by atoms with van der Waals surface area (Å²) in [6.07, 6.45) is 4.80. The van der Waals surface area contributed by atoms with Gasteiger partial charge in [-0.15, -0.1) is 0 Å². The van der Waals surface area contributed by atoms with Gasteiger partial charge in [0, 0.05) is 22.6 Å². The van der Waals surface area contributed by atoms with Crippen molar-refractivity contribution in [1.29, 1.82) is 5.41 Å². The zero-order valence-corrected chi connectivity index (χ0v) is 17.1. The molecule has 4 N–H and O–H groups in total. The Kier molecular flexibility index (Phi) is 5.54. The number of nitrogens with two attached hydrogens (primary N) is 1. The summed E-state index contributed by atoms with van der Waals surface area (Å²) >= 11 is 6.09. The highest BCUT2D eigenvalue weighted by atomic mass is 35.5. The molecule has 1 atom stereocenters. The van der Waals surface area contributed by atoms with Crippen molar-refractivity contribution in [3.63, 3.8) is 0 Å². The smallest absolute Gasteiger partial charge is 0.145 e. The van der Waals surface area contributed by atoms with Crippen molar-refractivity contribution in [2.24, 2.45) is 0 Å². The molecule has 7 nitrogen and oxygen atoms in total. The molecule has 0 aliphatic heterocycles. The summed E-state index contributed by atoms with van der Waals surface area (Å²) in [5, 5.41) is 11.5. The summed E-state index contributed by atoms with van der Waals surface area (Å²) in [5.74, 6) is 1.06. The second-order valence-electron chi connectivity index (χ2n) is 6.87. The summed E-state index contributed by atoms with van der Waals surface area (Å²) in [4.78, 5) is 17.6. The highest BCUT2D eigenvalue weighted by molar-refractivity contribution is 6.30. The quantitative estimate of drug-likeness (QED) is 0.392. The molecule has 2 heterocycles. The molecule has 150 valence electrons. The minimum Gasteiger partial charge on any atom is -0.383 e. The van der Waals surface area contributed by atoms with E-state index in [-0.39, 0.29) is 6.04 Å². The maximum atomic E-state index is 7.41. The molecular weight excluding hydrogens is 398 g/mol. The van der Waals surface area contributed by atoms with Gasteiger partial charge in [0.2, 0.25) is 0 Å². The first kappa shape index (κ1) is 19.7. The normalized spacial score (nSPS) is 11.9. The Hall–Kier alpha value is -3.58. The first-order valence-electron chi connectivity index (χ1n) is 9.42. The zero-order valence-electron chi connectivity index (χ0n) is 16.3. The standard InChI is InChI=1S/C22H20ClN7/c1-13(14-3-2-4-16(23)9-14)29-20-11-26-19-10-15(5-6-18(19)30-20)21-17(7-8-24)22(25)28-12-27-21/h2-6,8-13,24H,7H2,1H3,(H,29,30)(H2,25,27,28). The van der Waals surface area contributed by atoms with Crippen molar-refractivity contribution in [1.82, 2.24) is 19.9 Å². The van der Waals surface area contributed by atoms with Gasteiger partial charge in [-0.3, -0.25) is 4.98 Å². The minimum atomic E-state index is 0.0300. The Balaban J connectivity index is 1.63. The number of anilines is 2. The van der Waals surface area contributed by atoms with E-state index in [2.05, 4.69) is 25.3 Å². The Bertz CT molecular complexity index is 1230. The van der Waals surface area contributed by atoms with Gasteiger partial charge in [0.15, 0.2) is 0 Å². The van der Waals surface area contributed by atoms with Gasteiger partial charge >= 0.3 is 0 Å². The van der Waals surface area contributed by atoms with Crippen molar-refractivity contribution in [3.8, 4) is 11.3 Å². The van der Waals surface area contributed by atoms with E-state index in [1.165, 1.54) is 12.5 Å².